The minimum Gasteiger partial charge on any atom is -0.372 e. The molecule has 0 radical (unpaired) electrons. The number of aryl methyl sites for hydroxylation is 1. The normalized spacial score (nSPS) is 15.5. The molecule has 2 heterocycles. The van der Waals surface area contributed by atoms with E-state index in [0.29, 0.717) is 0 Å². The van der Waals surface area contributed by atoms with Gasteiger partial charge in [-0.15, -0.1) is 11.3 Å². The Balaban J connectivity index is 1.93. The molecular weight excluding hydrogens is 228 g/mol. The van der Waals surface area contributed by atoms with Crippen LogP contribution in [0.2, 0.25) is 0 Å². The molecule has 88 valence electrons. The molecule has 2 nitrogen and oxygen atoms in total. The number of aromatic nitrogens is 1. The fourth-order valence-electron chi connectivity index (χ4n) is 2.33. The standard InChI is InChI=1S/C14H16N2S/c1-11-15-14(10-17-11)12-5-4-6-13(9-12)16-7-2-3-8-16/h4-6,9-10H,2-3,7-8H2,1H3. The van der Waals surface area contributed by atoms with Gasteiger partial charge in [0.05, 0.1) is 10.7 Å². The van der Waals surface area contributed by atoms with Crippen LogP contribution >= 0.6 is 11.3 Å². The highest BCUT2D eigenvalue weighted by Gasteiger charge is 2.13. The van der Waals surface area contributed by atoms with Gasteiger partial charge in [-0.25, -0.2) is 4.98 Å². The van der Waals surface area contributed by atoms with Gasteiger partial charge in [-0.05, 0) is 31.9 Å². The number of rotatable bonds is 2. The van der Waals surface area contributed by atoms with E-state index in [1.807, 2.05) is 0 Å². The van der Waals surface area contributed by atoms with Gasteiger partial charge >= 0.3 is 0 Å². The molecule has 1 aliphatic heterocycles. The summed E-state index contributed by atoms with van der Waals surface area (Å²) >= 11 is 1.71. The molecule has 0 bridgehead atoms. The fraction of sp³-hybridized carbons (Fsp3) is 0.357. The third-order valence-electron chi connectivity index (χ3n) is 3.23. The number of thiazole rings is 1. The molecule has 1 aromatic carbocycles. The van der Waals surface area contributed by atoms with Gasteiger partial charge < -0.3 is 4.90 Å². The summed E-state index contributed by atoms with van der Waals surface area (Å²) < 4.78 is 0. The van der Waals surface area contributed by atoms with Crippen LogP contribution in [-0.4, -0.2) is 18.1 Å². The van der Waals surface area contributed by atoms with Crippen molar-refractivity contribution in [1.82, 2.24) is 4.98 Å². The maximum Gasteiger partial charge on any atom is 0.0901 e. The Kier molecular flexibility index (Phi) is 2.85. The summed E-state index contributed by atoms with van der Waals surface area (Å²) in [6.45, 7) is 4.44. The number of nitrogens with zero attached hydrogens (tertiary/aromatic N) is 2. The highest BCUT2D eigenvalue weighted by Crippen LogP contribution is 2.27. The van der Waals surface area contributed by atoms with Crippen LogP contribution in [0.4, 0.5) is 5.69 Å². The molecular formula is C14H16N2S. The lowest BCUT2D eigenvalue weighted by Crippen LogP contribution is -2.17. The van der Waals surface area contributed by atoms with Crippen LogP contribution in [0.3, 0.4) is 0 Å². The summed E-state index contributed by atoms with van der Waals surface area (Å²) in [6.07, 6.45) is 2.64. The van der Waals surface area contributed by atoms with Crippen molar-refractivity contribution < 1.29 is 0 Å². The zero-order chi connectivity index (χ0) is 11.7. The van der Waals surface area contributed by atoms with Crippen LogP contribution in [0.25, 0.3) is 11.3 Å². The molecule has 3 heteroatoms. The SMILES string of the molecule is Cc1nc(-c2cccc(N3CCCC3)c2)cs1. The van der Waals surface area contributed by atoms with Gasteiger partial charge in [-0.3, -0.25) is 0 Å². The van der Waals surface area contributed by atoms with E-state index < -0.39 is 0 Å². The van der Waals surface area contributed by atoms with Gasteiger partial charge in [0, 0.05) is 29.7 Å². The molecule has 0 N–H and O–H groups in total. The van der Waals surface area contributed by atoms with Crippen molar-refractivity contribution in [2.75, 3.05) is 18.0 Å². The van der Waals surface area contributed by atoms with Gasteiger partial charge in [-0.2, -0.15) is 0 Å². The molecule has 2 aromatic rings. The molecule has 0 aliphatic carbocycles. The lowest BCUT2D eigenvalue weighted by molar-refractivity contribution is 0.949. The van der Waals surface area contributed by atoms with E-state index in [4.69, 9.17) is 0 Å². The minimum absolute atomic E-state index is 1.11. The van der Waals surface area contributed by atoms with Gasteiger partial charge in [0.15, 0.2) is 0 Å². The predicted molar refractivity (Wildman–Crippen MR) is 73.7 cm³/mol. The van der Waals surface area contributed by atoms with Crippen molar-refractivity contribution in [2.45, 2.75) is 19.8 Å². The second kappa shape index (κ2) is 4.49. The Morgan fingerprint density at radius 3 is 2.76 bits per heavy atom. The Hall–Kier alpha value is -1.35. The van der Waals surface area contributed by atoms with E-state index in [0.717, 1.165) is 10.7 Å². The first-order chi connectivity index (χ1) is 8.33. The number of benzene rings is 1. The molecule has 0 amide bonds. The number of hydrogen-bond acceptors (Lipinski definition) is 3. The summed E-state index contributed by atoms with van der Waals surface area (Å²) in [6, 6.07) is 8.75. The first-order valence-corrected chi connectivity index (χ1v) is 6.98. The molecule has 0 unspecified atom stereocenters. The van der Waals surface area contributed by atoms with Crippen molar-refractivity contribution in [2.24, 2.45) is 0 Å². The molecule has 1 saturated heterocycles. The highest BCUT2D eigenvalue weighted by molar-refractivity contribution is 7.09. The van der Waals surface area contributed by atoms with Gasteiger partial charge in [0.25, 0.3) is 0 Å². The topological polar surface area (TPSA) is 16.1 Å². The molecule has 0 saturated carbocycles. The third-order valence-corrected chi connectivity index (χ3v) is 4.01. The largest absolute Gasteiger partial charge is 0.372 e. The number of hydrogen-bond donors (Lipinski definition) is 0. The van der Waals surface area contributed by atoms with Crippen molar-refractivity contribution >= 4 is 17.0 Å². The van der Waals surface area contributed by atoms with Crippen LogP contribution < -0.4 is 4.90 Å². The van der Waals surface area contributed by atoms with Crippen molar-refractivity contribution in [1.29, 1.82) is 0 Å². The average molecular weight is 244 g/mol. The second-order valence-corrected chi connectivity index (χ2v) is 5.56. The van der Waals surface area contributed by atoms with Crippen LogP contribution in [-0.2, 0) is 0 Å². The zero-order valence-corrected chi connectivity index (χ0v) is 10.8. The van der Waals surface area contributed by atoms with Crippen molar-refractivity contribution in [3.63, 3.8) is 0 Å². The predicted octanol–water partition coefficient (Wildman–Crippen LogP) is 3.72. The molecule has 3 rings (SSSR count). The minimum atomic E-state index is 1.11. The maximum atomic E-state index is 4.55. The summed E-state index contributed by atoms with van der Waals surface area (Å²) in [4.78, 5) is 7.01. The summed E-state index contributed by atoms with van der Waals surface area (Å²) in [7, 11) is 0. The zero-order valence-electron chi connectivity index (χ0n) is 10.0. The quantitative estimate of drug-likeness (QED) is 0.800. The average Bonchev–Trinajstić information content (AvgIpc) is 3.00. The lowest BCUT2D eigenvalue weighted by atomic mass is 10.1. The maximum absolute atomic E-state index is 4.55. The van der Waals surface area contributed by atoms with E-state index in [1.54, 1.807) is 11.3 Å². The number of anilines is 1. The van der Waals surface area contributed by atoms with E-state index in [-0.39, 0.29) is 0 Å². The van der Waals surface area contributed by atoms with Crippen LogP contribution in [0.5, 0.6) is 0 Å². The van der Waals surface area contributed by atoms with Crippen molar-refractivity contribution in [3.8, 4) is 11.3 Å². The first-order valence-electron chi connectivity index (χ1n) is 6.10. The van der Waals surface area contributed by atoms with Crippen LogP contribution in [0, 0.1) is 6.92 Å². The van der Waals surface area contributed by atoms with Crippen molar-refractivity contribution in [3.05, 3.63) is 34.7 Å². The Morgan fingerprint density at radius 2 is 2.06 bits per heavy atom. The Labute approximate surface area is 106 Å². The Bertz CT molecular complexity index is 512. The van der Waals surface area contributed by atoms with Crippen LogP contribution in [0.15, 0.2) is 29.6 Å². The van der Waals surface area contributed by atoms with Gasteiger partial charge in [-0.1, -0.05) is 12.1 Å². The third kappa shape index (κ3) is 2.20. The Morgan fingerprint density at radius 1 is 1.24 bits per heavy atom. The lowest BCUT2D eigenvalue weighted by Gasteiger charge is -2.17. The highest BCUT2D eigenvalue weighted by atomic mass is 32.1. The van der Waals surface area contributed by atoms with Gasteiger partial charge in [0.1, 0.15) is 0 Å². The van der Waals surface area contributed by atoms with E-state index >= 15 is 0 Å². The monoisotopic (exact) mass is 244 g/mol. The summed E-state index contributed by atoms with van der Waals surface area (Å²) in [5.74, 6) is 0. The van der Waals surface area contributed by atoms with Gasteiger partial charge in [0.2, 0.25) is 0 Å². The van der Waals surface area contributed by atoms with E-state index in [2.05, 4.69) is 46.5 Å². The molecule has 0 spiro atoms. The smallest absolute Gasteiger partial charge is 0.0901 e. The molecule has 17 heavy (non-hydrogen) atoms. The van der Waals surface area contributed by atoms with E-state index in [1.165, 1.54) is 37.2 Å². The molecule has 0 atom stereocenters. The summed E-state index contributed by atoms with van der Waals surface area (Å²) in [5, 5.41) is 3.27. The fourth-order valence-corrected chi connectivity index (χ4v) is 2.96. The molecule has 1 aliphatic rings. The van der Waals surface area contributed by atoms with E-state index in [9.17, 15) is 0 Å². The molecule has 1 fully saturated rings. The van der Waals surface area contributed by atoms with Crippen LogP contribution in [0.1, 0.15) is 17.8 Å². The molecule has 1 aromatic heterocycles. The summed E-state index contributed by atoms with van der Waals surface area (Å²) in [5.41, 5.74) is 3.68. The first kappa shape index (κ1) is 10.8. The second-order valence-electron chi connectivity index (χ2n) is 4.50.